The van der Waals surface area contributed by atoms with Crippen LogP contribution >= 0.6 is 0 Å². The minimum atomic E-state index is -3.52. The third kappa shape index (κ3) is 4.93. The van der Waals surface area contributed by atoms with Gasteiger partial charge in [-0.3, -0.25) is 4.79 Å². The molecule has 9 heteroatoms. The smallest absolute Gasteiger partial charge is 0.312 e. The Morgan fingerprint density at radius 2 is 1.76 bits per heavy atom. The Balaban J connectivity index is 1.92. The number of primary amides is 1. The fraction of sp³-hybridized carbons (Fsp3) is 0.500. The number of aryl methyl sites for hydroxylation is 1. The molecule has 8 nitrogen and oxygen atoms in total. The van der Waals surface area contributed by atoms with E-state index in [0.717, 1.165) is 5.56 Å². The Kier molecular flexibility index (Phi) is 6.02. The van der Waals surface area contributed by atoms with Crippen LogP contribution in [0.25, 0.3) is 0 Å². The lowest BCUT2D eigenvalue weighted by Crippen LogP contribution is -2.52. The molecule has 0 unspecified atom stereocenters. The molecule has 0 saturated carbocycles. The first-order valence-corrected chi connectivity index (χ1v) is 9.57. The molecule has 1 saturated heterocycles. The Hall–Kier alpha value is -2.13. The van der Waals surface area contributed by atoms with Crippen LogP contribution in [0, 0.1) is 6.92 Å². The van der Waals surface area contributed by atoms with Crippen LogP contribution in [0.1, 0.15) is 25.3 Å². The van der Waals surface area contributed by atoms with Crippen LogP contribution in [-0.2, 0) is 14.8 Å². The highest BCUT2D eigenvalue weighted by Crippen LogP contribution is 2.21. The maximum Gasteiger partial charge on any atom is 0.312 e. The average molecular weight is 368 g/mol. The summed E-state index contributed by atoms with van der Waals surface area (Å²) in [7, 11) is -3.52. The number of urea groups is 1. The van der Waals surface area contributed by atoms with E-state index < -0.39 is 22.1 Å². The molecule has 0 radical (unpaired) electrons. The quantitative estimate of drug-likeness (QED) is 0.693. The second-order valence-electron chi connectivity index (χ2n) is 6.23. The zero-order chi connectivity index (χ0) is 18.6. The van der Waals surface area contributed by atoms with Gasteiger partial charge < -0.3 is 16.4 Å². The minimum Gasteiger partial charge on any atom is -0.352 e. The lowest BCUT2D eigenvalue weighted by Gasteiger charge is -2.32. The molecule has 1 aliphatic heterocycles. The van der Waals surface area contributed by atoms with Gasteiger partial charge in [0.2, 0.25) is 15.9 Å². The highest BCUT2D eigenvalue weighted by Gasteiger charge is 2.30. The maximum absolute atomic E-state index is 12.6. The lowest BCUT2D eigenvalue weighted by atomic mass is 10.1. The zero-order valence-electron chi connectivity index (χ0n) is 14.4. The molecule has 2 rings (SSSR count). The Bertz CT molecular complexity index is 725. The van der Waals surface area contributed by atoms with Crippen LogP contribution in [0.4, 0.5) is 4.79 Å². The topological polar surface area (TPSA) is 122 Å². The first-order valence-electron chi connectivity index (χ1n) is 8.13. The van der Waals surface area contributed by atoms with Gasteiger partial charge in [0.1, 0.15) is 6.04 Å². The number of nitrogens with two attached hydrogens (primary N) is 1. The number of nitrogens with one attached hydrogen (secondary N) is 2. The van der Waals surface area contributed by atoms with Crippen LogP contribution < -0.4 is 16.4 Å². The highest BCUT2D eigenvalue weighted by molar-refractivity contribution is 7.89. The second kappa shape index (κ2) is 7.83. The van der Waals surface area contributed by atoms with Crippen molar-refractivity contribution in [2.75, 3.05) is 13.1 Å². The summed E-state index contributed by atoms with van der Waals surface area (Å²) in [6.07, 6.45) is 1.03. The molecule has 138 valence electrons. The summed E-state index contributed by atoms with van der Waals surface area (Å²) in [6.45, 7) is 4.10. The molecule has 1 heterocycles. The van der Waals surface area contributed by atoms with Crippen molar-refractivity contribution in [3.05, 3.63) is 29.8 Å². The van der Waals surface area contributed by atoms with Crippen molar-refractivity contribution < 1.29 is 18.0 Å². The molecular formula is C16H24N4O4S. The maximum atomic E-state index is 12.6. The number of piperidine rings is 1. The van der Waals surface area contributed by atoms with E-state index in [2.05, 4.69) is 10.6 Å². The predicted octanol–water partition coefficient (Wildman–Crippen LogP) is 0.321. The SMILES string of the molecule is Cc1ccc(S(=O)(=O)N2CCC(NC(=O)[C@@H](C)NC(N)=O)CC2)cc1. The number of amides is 3. The molecule has 1 aromatic rings. The van der Waals surface area contributed by atoms with Gasteiger partial charge in [0.25, 0.3) is 0 Å². The Morgan fingerprint density at radius 1 is 1.20 bits per heavy atom. The first kappa shape index (κ1) is 19.2. The summed E-state index contributed by atoms with van der Waals surface area (Å²) in [5.41, 5.74) is 5.99. The summed E-state index contributed by atoms with van der Waals surface area (Å²) >= 11 is 0. The molecular weight excluding hydrogens is 344 g/mol. The molecule has 3 amide bonds. The lowest BCUT2D eigenvalue weighted by molar-refractivity contribution is -0.123. The summed E-state index contributed by atoms with van der Waals surface area (Å²) < 4.78 is 26.7. The van der Waals surface area contributed by atoms with Crippen LogP contribution in [0.5, 0.6) is 0 Å². The number of carbonyl (C=O) groups excluding carboxylic acids is 2. The Morgan fingerprint density at radius 3 is 2.28 bits per heavy atom. The van der Waals surface area contributed by atoms with Gasteiger partial charge in [-0.2, -0.15) is 4.31 Å². The summed E-state index contributed by atoms with van der Waals surface area (Å²) in [4.78, 5) is 23.0. The van der Waals surface area contributed by atoms with Crippen molar-refractivity contribution in [3.63, 3.8) is 0 Å². The summed E-state index contributed by atoms with van der Waals surface area (Å²) in [5, 5.41) is 5.12. The normalized spacial score (nSPS) is 17.7. The highest BCUT2D eigenvalue weighted by atomic mass is 32.2. The Labute approximate surface area is 147 Å². The molecule has 1 fully saturated rings. The van der Waals surface area contributed by atoms with Crippen LogP contribution in [0.2, 0.25) is 0 Å². The van der Waals surface area contributed by atoms with Gasteiger partial charge in [0.05, 0.1) is 4.90 Å². The van der Waals surface area contributed by atoms with Crippen molar-refractivity contribution in [1.29, 1.82) is 0 Å². The van der Waals surface area contributed by atoms with E-state index in [1.807, 2.05) is 6.92 Å². The summed E-state index contributed by atoms with van der Waals surface area (Å²) in [5.74, 6) is -0.335. The van der Waals surface area contributed by atoms with Gasteiger partial charge in [-0.15, -0.1) is 0 Å². The van der Waals surface area contributed by atoms with E-state index >= 15 is 0 Å². The largest absolute Gasteiger partial charge is 0.352 e. The number of sulfonamides is 1. The zero-order valence-corrected chi connectivity index (χ0v) is 15.2. The van der Waals surface area contributed by atoms with Gasteiger partial charge in [0.15, 0.2) is 0 Å². The van der Waals surface area contributed by atoms with Crippen molar-refractivity contribution in [2.45, 2.75) is 43.7 Å². The van der Waals surface area contributed by atoms with E-state index in [-0.39, 0.29) is 16.8 Å². The third-order valence-electron chi connectivity index (χ3n) is 4.21. The molecule has 0 bridgehead atoms. The van der Waals surface area contributed by atoms with E-state index in [4.69, 9.17) is 5.73 Å². The van der Waals surface area contributed by atoms with Crippen molar-refractivity contribution in [3.8, 4) is 0 Å². The van der Waals surface area contributed by atoms with Gasteiger partial charge in [-0.05, 0) is 38.8 Å². The van der Waals surface area contributed by atoms with E-state index in [1.165, 1.54) is 11.2 Å². The number of rotatable bonds is 5. The van der Waals surface area contributed by atoms with Crippen LogP contribution in [0.15, 0.2) is 29.2 Å². The van der Waals surface area contributed by atoms with E-state index in [0.29, 0.717) is 25.9 Å². The van der Waals surface area contributed by atoms with Gasteiger partial charge in [0, 0.05) is 19.1 Å². The molecule has 0 spiro atoms. The fourth-order valence-electron chi connectivity index (χ4n) is 2.70. The minimum absolute atomic E-state index is 0.130. The molecule has 1 aliphatic rings. The number of carbonyl (C=O) groups is 2. The van der Waals surface area contributed by atoms with Gasteiger partial charge in [-0.25, -0.2) is 13.2 Å². The van der Waals surface area contributed by atoms with Crippen LogP contribution in [-0.4, -0.2) is 49.8 Å². The van der Waals surface area contributed by atoms with Crippen molar-refractivity contribution in [1.82, 2.24) is 14.9 Å². The van der Waals surface area contributed by atoms with Gasteiger partial charge in [-0.1, -0.05) is 17.7 Å². The molecule has 25 heavy (non-hydrogen) atoms. The monoisotopic (exact) mass is 368 g/mol. The van der Waals surface area contributed by atoms with E-state index in [9.17, 15) is 18.0 Å². The van der Waals surface area contributed by atoms with Crippen LogP contribution in [0.3, 0.4) is 0 Å². The predicted molar refractivity (Wildman–Crippen MR) is 93.3 cm³/mol. The van der Waals surface area contributed by atoms with Gasteiger partial charge >= 0.3 is 6.03 Å². The molecule has 1 atom stereocenters. The average Bonchev–Trinajstić information content (AvgIpc) is 2.55. The third-order valence-corrected chi connectivity index (χ3v) is 6.12. The fourth-order valence-corrected chi connectivity index (χ4v) is 4.17. The van der Waals surface area contributed by atoms with Crippen molar-refractivity contribution >= 4 is 22.0 Å². The molecule has 4 N–H and O–H groups in total. The molecule has 0 aliphatic carbocycles. The first-order chi connectivity index (χ1) is 11.7. The number of benzene rings is 1. The number of hydrogen-bond donors (Lipinski definition) is 3. The van der Waals surface area contributed by atoms with E-state index in [1.54, 1.807) is 24.3 Å². The summed E-state index contributed by atoms with van der Waals surface area (Å²) in [6, 6.07) is 5.13. The van der Waals surface area contributed by atoms with Crippen molar-refractivity contribution in [2.24, 2.45) is 5.73 Å². The second-order valence-corrected chi connectivity index (χ2v) is 8.17. The number of nitrogens with zero attached hydrogens (tertiary/aromatic N) is 1. The number of hydrogen-bond acceptors (Lipinski definition) is 4. The molecule has 0 aromatic heterocycles. The standard InChI is InChI=1S/C16H24N4O4S/c1-11-3-5-14(6-4-11)25(23,24)20-9-7-13(8-10-20)19-15(21)12(2)18-16(17)22/h3-6,12-13H,7-10H2,1-2H3,(H,19,21)(H3,17,18,22)/t12-/m1/s1. The molecule has 1 aromatic carbocycles.